The Kier molecular flexibility index (Phi) is 5.80. The van der Waals surface area contributed by atoms with Gasteiger partial charge in [0.05, 0.1) is 12.0 Å². The highest BCUT2D eigenvalue weighted by Gasteiger charge is 2.26. The summed E-state index contributed by atoms with van der Waals surface area (Å²) in [5.41, 5.74) is -0.354. The molecule has 6 nitrogen and oxygen atoms in total. The molecule has 1 fully saturated rings. The van der Waals surface area contributed by atoms with Crippen LogP contribution in [0.2, 0.25) is 0 Å². The van der Waals surface area contributed by atoms with Crippen LogP contribution in [0.4, 0.5) is 4.79 Å². The first-order valence-corrected chi connectivity index (χ1v) is 7.11. The maximum Gasteiger partial charge on any atom is 0.407 e. The van der Waals surface area contributed by atoms with E-state index in [1.54, 1.807) is 11.8 Å². The zero-order valence-corrected chi connectivity index (χ0v) is 12.8. The Morgan fingerprint density at radius 2 is 1.90 bits per heavy atom. The molecule has 1 heterocycles. The van der Waals surface area contributed by atoms with Crippen molar-refractivity contribution in [2.24, 2.45) is 5.92 Å². The van der Waals surface area contributed by atoms with E-state index in [2.05, 4.69) is 5.32 Å². The molecule has 0 bridgehead atoms. The van der Waals surface area contributed by atoms with E-state index in [0.29, 0.717) is 25.9 Å². The minimum absolute atomic E-state index is 0.0274. The number of carbonyl (C=O) groups is 2. The Morgan fingerprint density at radius 3 is 2.40 bits per heavy atom. The lowest BCUT2D eigenvalue weighted by Gasteiger charge is -2.31. The summed E-state index contributed by atoms with van der Waals surface area (Å²) in [5, 5.41) is 12.1. The molecule has 1 aliphatic rings. The molecule has 116 valence electrons. The number of hydrogen-bond acceptors (Lipinski definition) is 4. The summed E-state index contributed by atoms with van der Waals surface area (Å²) in [4.78, 5) is 25.4. The second-order valence-electron chi connectivity index (χ2n) is 6.43. The van der Waals surface area contributed by atoms with Gasteiger partial charge in [0.1, 0.15) is 6.61 Å². The van der Waals surface area contributed by atoms with Crippen molar-refractivity contribution in [1.29, 1.82) is 0 Å². The maximum atomic E-state index is 12.1. The van der Waals surface area contributed by atoms with E-state index in [1.807, 2.05) is 20.8 Å². The Morgan fingerprint density at radius 1 is 1.35 bits per heavy atom. The number of hydrogen-bond donors (Lipinski definition) is 2. The van der Waals surface area contributed by atoms with Crippen LogP contribution in [0.25, 0.3) is 0 Å². The fraction of sp³-hybridized carbons (Fsp3) is 0.857. The van der Waals surface area contributed by atoms with Crippen molar-refractivity contribution in [2.45, 2.75) is 52.2 Å². The summed E-state index contributed by atoms with van der Waals surface area (Å²) in [6.45, 7) is 8.54. The summed E-state index contributed by atoms with van der Waals surface area (Å²) < 4.78 is 5.07. The van der Waals surface area contributed by atoms with E-state index in [1.165, 1.54) is 0 Å². The van der Waals surface area contributed by atoms with Crippen LogP contribution in [-0.4, -0.2) is 53.3 Å². The molecule has 6 heteroatoms. The number of amides is 2. The Hall–Kier alpha value is -1.30. The number of piperidine rings is 1. The third kappa shape index (κ3) is 5.77. The van der Waals surface area contributed by atoms with Crippen molar-refractivity contribution in [3.63, 3.8) is 0 Å². The molecule has 1 aliphatic heterocycles. The van der Waals surface area contributed by atoms with Gasteiger partial charge in [-0.15, -0.1) is 0 Å². The second-order valence-corrected chi connectivity index (χ2v) is 6.43. The fourth-order valence-corrected chi connectivity index (χ4v) is 2.01. The first-order chi connectivity index (χ1) is 9.19. The molecule has 0 saturated carbocycles. The molecule has 1 saturated heterocycles. The molecule has 20 heavy (non-hydrogen) atoms. The molecular formula is C14H26N2O4. The van der Waals surface area contributed by atoms with Crippen molar-refractivity contribution in [2.75, 3.05) is 19.7 Å². The van der Waals surface area contributed by atoms with E-state index in [9.17, 15) is 14.7 Å². The standard InChI is InChI=1S/C14H26N2O4/c1-10(9-20-13(19)15-14(2,3)4)12(18)16-7-5-11(17)6-8-16/h10-11,17H,5-9H2,1-4H3,(H,15,19)/t10-/m0/s1. The van der Waals surface area contributed by atoms with Crippen LogP contribution in [0, 0.1) is 5.92 Å². The highest BCUT2D eigenvalue weighted by molar-refractivity contribution is 5.79. The molecule has 2 N–H and O–H groups in total. The Labute approximate surface area is 120 Å². The number of aliphatic hydroxyl groups excluding tert-OH is 1. The fourth-order valence-electron chi connectivity index (χ4n) is 2.01. The quantitative estimate of drug-likeness (QED) is 0.815. The lowest BCUT2D eigenvalue weighted by Crippen LogP contribution is -2.45. The number of aliphatic hydroxyl groups is 1. The highest BCUT2D eigenvalue weighted by Crippen LogP contribution is 2.13. The smallest absolute Gasteiger partial charge is 0.407 e. The third-order valence-corrected chi connectivity index (χ3v) is 3.14. The number of nitrogens with zero attached hydrogens (tertiary/aromatic N) is 1. The van der Waals surface area contributed by atoms with Crippen LogP contribution in [0.15, 0.2) is 0 Å². The van der Waals surface area contributed by atoms with Gasteiger partial charge in [0.15, 0.2) is 0 Å². The van der Waals surface area contributed by atoms with Crippen molar-refractivity contribution in [3.8, 4) is 0 Å². The minimum atomic E-state index is -0.508. The van der Waals surface area contributed by atoms with E-state index in [4.69, 9.17) is 4.74 Å². The van der Waals surface area contributed by atoms with Gasteiger partial charge in [0.2, 0.25) is 5.91 Å². The normalized spacial score (nSPS) is 18.6. The summed E-state index contributed by atoms with van der Waals surface area (Å²) in [6, 6.07) is 0. The van der Waals surface area contributed by atoms with Gasteiger partial charge in [-0.25, -0.2) is 4.79 Å². The molecule has 0 spiro atoms. The number of likely N-dealkylation sites (tertiary alicyclic amines) is 1. The van der Waals surface area contributed by atoms with Gasteiger partial charge in [-0.2, -0.15) is 0 Å². The van der Waals surface area contributed by atoms with E-state index < -0.39 is 6.09 Å². The SMILES string of the molecule is C[C@@H](COC(=O)NC(C)(C)C)C(=O)N1CCC(O)CC1. The first kappa shape index (κ1) is 16.8. The van der Waals surface area contributed by atoms with Gasteiger partial charge < -0.3 is 20.1 Å². The first-order valence-electron chi connectivity index (χ1n) is 7.11. The predicted molar refractivity (Wildman–Crippen MR) is 75.2 cm³/mol. The van der Waals surface area contributed by atoms with Crippen LogP contribution in [-0.2, 0) is 9.53 Å². The van der Waals surface area contributed by atoms with Crippen molar-refractivity contribution in [1.82, 2.24) is 10.2 Å². The second kappa shape index (κ2) is 6.92. The molecule has 0 aliphatic carbocycles. The minimum Gasteiger partial charge on any atom is -0.449 e. The van der Waals surface area contributed by atoms with Crippen molar-refractivity contribution < 1.29 is 19.4 Å². The van der Waals surface area contributed by atoms with Crippen LogP contribution in [0.5, 0.6) is 0 Å². The molecule has 0 aromatic heterocycles. The average Bonchev–Trinajstić information content (AvgIpc) is 2.34. The Bertz CT molecular complexity index is 344. The molecule has 0 radical (unpaired) electrons. The van der Waals surface area contributed by atoms with E-state index in [0.717, 1.165) is 0 Å². The lowest BCUT2D eigenvalue weighted by molar-refractivity contribution is -0.138. The van der Waals surface area contributed by atoms with Gasteiger partial charge in [-0.3, -0.25) is 4.79 Å². The lowest BCUT2D eigenvalue weighted by atomic mass is 10.1. The van der Waals surface area contributed by atoms with Crippen LogP contribution in [0.1, 0.15) is 40.5 Å². The molecule has 0 unspecified atom stereocenters. The average molecular weight is 286 g/mol. The van der Waals surface area contributed by atoms with Crippen LogP contribution in [0.3, 0.4) is 0 Å². The van der Waals surface area contributed by atoms with Crippen LogP contribution >= 0.6 is 0 Å². The van der Waals surface area contributed by atoms with Gasteiger partial charge in [0, 0.05) is 18.6 Å². The zero-order valence-electron chi connectivity index (χ0n) is 12.8. The largest absolute Gasteiger partial charge is 0.449 e. The number of carbonyl (C=O) groups excluding carboxylic acids is 2. The van der Waals surface area contributed by atoms with Crippen LogP contribution < -0.4 is 5.32 Å². The van der Waals surface area contributed by atoms with E-state index >= 15 is 0 Å². The molecule has 2 amide bonds. The number of rotatable bonds is 3. The Balaban J connectivity index is 2.33. The number of nitrogens with one attached hydrogen (secondary N) is 1. The van der Waals surface area contributed by atoms with Crippen molar-refractivity contribution >= 4 is 12.0 Å². The zero-order chi connectivity index (χ0) is 15.3. The number of alkyl carbamates (subject to hydrolysis) is 1. The monoisotopic (exact) mass is 286 g/mol. The summed E-state index contributed by atoms with van der Waals surface area (Å²) >= 11 is 0. The third-order valence-electron chi connectivity index (χ3n) is 3.14. The topological polar surface area (TPSA) is 78.9 Å². The van der Waals surface area contributed by atoms with Crippen molar-refractivity contribution in [3.05, 3.63) is 0 Å². The number of ether oxygens (including phenoxy) is 1. The molecular weight excluding hydrogens is 260 g/mol. The highest BCUT2D eigenvalue weighted by atomic mass is 16.5. The summed E-state index contributed by atoms with van der Waals surface area (Å²) in [7, 11) is 0. The molecule has 1 rings (SSSR count). The van der Waals surface area contributed by atoms with Gasteiger partial charge >= 0.3 is 6.09 Å². The molecule has 1 atom stereocenters. The molecule has 0 aromatic rings. The van der Waals surface area contributed by atoms with Gasteiger partial charge in [-0.05, 0) is 33.6 Å². The van der Waals surface area contributed by atoms with Gasteiger partial charge in [-0.1, -0.05) is 6.92 Å². The summed E-state index contributed by atoms with van der Waals surface area (Å²) in [5.74, 6) is -0.392. The van der Waals surface area contributed by atoms with E-state index in [-0.39, 0.29) is 30.1 Å². The predicted octanol–water partition coefficient (Wildman–Crippen LogP) is 1.13. The van der Waals surface area contributed by atoms with Gasteiger partial charge in [0.25, 0.3) is 0 Å². The molecule has 0 aromatic carbocycles. The summed E-state index contributed by atoms with van der Waals surface area (Å²) in [6.07, 6.45) is 0.419. The maximum absolute atomic E-state index is 12.1.